The third-order valence-electron chi connectivity index (χ3n) is 15.5. The van der Waals surface area contributed by atoms with Gasteiger partial charge in [-0.15, -0.1) is 11.3 Å². The van der Waals surface area contributed by atoms with Crippen LogP contribution in [0.25, 0.3) is 142 Å². The maximum absolute atomic E-state index is 5.82. The molecule has 0 N–H and O–H groups in total. The van der Waals surface area contributed by atoms with E-state index in [0.29, 0.717) is 0 Å². The van der Waals surface area contributed by atoms with Gasteiger partial charge in [-0.1, -0.05) is 158 Å². The summed E-state index contributed by atoms with van der Waals surface area (Å²) in [5, 5.41) is 10.4. The molecule has 0 bridgehead atoms. The highest BCUT2D eigenvalue weighted by atomic mass is 32.1. The van der Waals surface area contributed by atoms with Crippen LogP contribution in [-0.4, -0.2) is 28.2 Å². The molecule has 16 aromatic rings. The fourth-order valence-electron chi connectivity index (χ4n) is 12.7. The standard InChI is InChI=1S/C68H44N6S/c1-41-39-43(40-42(2)69-41)62-64(71-53-30-12-3-21-44(53)45-22-4-13-31-54(45)71)63(68-70-52-29-11-20-38-61(52)75-68)66(73-57-34-16-7-25-48(57)49-26-8-17-35-58(49)73)67(74-59-36-18-9-27-50(59)51-28-10-19-37-60(51)74)65(62)72-55-32-14-5-23-46(55)47-24-6-15-33-56(47)72/h3-40H,1-2H3. The minimum Gasteiger partial charge on any atom is -0.308 e. The second kappa shape index (κ2) is 16.0. The minimum atomic E-state index is 0.921. The van der Waals surface area contributed by atoms with Crippen LogP contribution in [0.4, 0.5) is 0 Å². The lowest BCUT2D eigenvalue weighted by Gasteiger charge is -2.30. The number of thiazole rings is 1. The van der Waals surface area contributed by atoms with Gasteiger partial charge in [-0.25, -0.2) is 4.98 Å². The van der Waals surface area contributed by atoms with E-state index in [9.17, 15) is 0 Å². The van der Waals surface area contributed by atoms with Crippen molar-refractivity contribution in [2.45, 2.75) is 13.8 Å². The first-order chi connectivity index (χ1) is 37.1. The van der Waals surface area contributed by atoms with Gasteiger partial charge in [0.1, 0.15) is 5.01 Å². The van der Waals surface area contributed by atoms with Crippen LogP contribution in [0.2, 0.25) is 0 Å². The molecule has 0 unspecified atom stereocenters. The van der Waals surface area contributed by atoms with Crippen LogP contribution in [0.5, 0.6) is 0 Å². The molecule has 6 nitrogen and oxygen atoms in total. The molecule has 6 aromatic heterocycles. The molecule has 6 heterocycles. The number of hydrogen-bond acceptors (Lipinski definition) is 3. The third kappa shape index (κ3) is 5.95. The van der Waals surface area contributed by atoms with Crippen LogP contribution in [-0.2, 0) is 0 Å². The van der Waals surface area contributed by atoms with E-state index < -0.39 is 0 Å². The van der Waals surface area contributed by atoms with Crippen LogP contribution >= 0.6 is 11.3 Å². The molecule has 0 saturated heterocycles. The molecule has 10 aromatic carbocycles. The van der Waals surface area contributed by atoms with Crippen LogP contribution < -0.4 is 0 Å². The first-order valence-corrected chi connectivity index (χ1v) is 26.4. The Morgan fingerprint density at radius 2 is 0.587 bits per heavy atom. The van der Waals surface area contributed by atoms with Crippen molar-refractivity contribution in [1.29, 1.82) is 0 Å². The van der Waals surface area contributed by atoms with Crippen molar-refractivity contribution in [2.75, 3.05) is 0 Å². The Kier molecular flexibility index (Phi) is 8.94. The highest BCUT2D eigenvalue weighted by molar-refractivity contribution is 7.21. The Labute approximate surface area is 434 Å². The Hall–Kier alpha value is -9.56. The highest BCUT2D eigenvalue weighted by Gasteiger charge is 2.36. The molecule has 352 valence electrons. The number of pyridine rings is 1. The summed E-state index contributed by atoms with van der Waals surface area (Å²) in [5.41, 5.74) is 19.0. The summed E-state index contributed by atoms with van der Waals surface area (Å²) in [4.78, 5) is 10.9. The van der Waals surface area contributed by atoms with Crippen molar-refractivity contribution < 1.29 is 0 Å². The lowest BCUT2D eigenvalue weighted by molar-refractivity contribution is 1.04. The second-order valence-electron chi connectivity index (χ2n) is 19.7. The minimum absolute atomic E-state index is 0.921. The maximum Gasteiger partial charge on any atom is 0.128 e. The second-order valence-corrected chi connectivity index (χ2v) is 20.8. The molecule has 16 rings (SSSR count). The number of aromatic nitrogens is 6. The lowest BCUT2D eigenvalue weighted by Crippen LogP contribution is -2.16. The van der Waals surface area contributed by atoms with Gasteiger partial charge in [0.25, 0.3) is 0 Å². The van der Waals surface area contributed by atoms with Gasteiger partial charge in [0.15, 0.2) is 0 Å². The van der Waals surface area contributed by atoms with E-state index in [4.69, 9.17) is 9.97 Å². The predicted molar refractivity (Wildman–Crippen MR) is 315 cm³/mol. The molecular weight excluding hydrogens is 933 g/mol. The highest BCUT2D eigenvalue weighted by Crippen LogP contribution is 2.55. The molecule has 0 aliphatic rings. The number of benzene rings is 10. The van der Waals surface area contributed by atoms with Crippen molar-refractivity contribution in [3.8, 4) is 44.4 Å². The van der Waals surface area contributed by atoms with Gasteiger partial charge in [0, 0.05) is 60.0 Å². The molecule has 0 fully saturated rings. The smallest absolute Gasteiger partial charge is 0.128 e. The Bertz CT molecular complexity index is 4790. The van der Waals surface area contributed by atoms with Gasteiger partial charge in [0.2, 0.25) is 0 Å². The van der Waals surface area contributed by atoms with E-state index in [1.54, 1.807) is 11.3 Å². The summed E-state index contributed by atoms with van der Waals surface area (Å²) in [6, 6.07) is 84.8. The Morgan fingerprint density at radius 1 is 0.293 bits per heavy atom. The number of aryl methyl sites for hydroxylation is 2. The first kappa shape index (κ1) is 42.0. The quantitative estimate of drug-likeness (QED) is 0.167. The van der Waals surface area contributed by atoms with Crippen LogP contribution in [0.1, 0.15) is 11.4 Å². The first-order valence-electron chi connectivity index (χ1n) is 25.6. The summed E-state index contributed by atoms with van der Waals surface area (Å²) in [6.07, 6.45) is 0. The summed E-state index contributed by atoms with van der Waals surface area (Å²) in [5.74, 6) is 0. The number of fused-ring (bicyclic) bond motifs is 13. The number of rotatable bonds is 6. The van der Waals surface area contributed by atoms with E-state index in [1.165, 1.54) is 43.1 Å². The van der Waals surface area contributed by atoms with Crippen molar-refractivity contribution in [1.82, 2.24) is 28.2 Å². The van der Waals surface area contributed by atoms with Gasteiger partial charge in [0.05, 0.1) is 82.7 Å². The topological polar surface area (TPSA) is 45.5 Å². The molecule has 75 heavy (non-hydrogen) atoms. The average molecular weight is 977 g/mol. The monoisotopic (exact) mass is 976 g/mol. The SMILES string of the molecule is Cc1cc(-c2c(-n3c4ccccc4c4ccccc43)c(-c3nc4ccccc4s3)c(-n3c4ccccc4c4ccccc43)c(-n3c4ccccc4c4ccccc43)c2-n2c3ccccc3c3ccccc32)cc(C)n1. The van der Waals surface area contributed by atoms with Crippen LogP contribution in [0, 0.1) is 13.8 Å². The molecule has 0 amide bonds. The number of hydrogen-bond donors (Lipinski definition) is 0. The number of para-hydroxylation sites is 9. The summed E-state index contributed by atoms with van der Waals surface area (Å²) < 4.78 is 11.4. The normalized spacial score (nSPS) is 12.1. The van der Waals surface area contributed by atoms with Gasteiger partial charge >= 0.3 is 0 Å². The van der Waals surface area contributed by atoms with Gasteiger partial charge in [-0.05, 0) is 92.2 Å². The van der Waals surface area contributed by atoms with Crippen molar-refractivity contribution in [2.24, 2.45) is 0 Å². The van der Waals surface area contributed by atoms with E-state index in [0.717, 1.165) is 110 Å². The van der Waals surface area contributed by atoms with Crippen LogP contribution in [0.3, 0.4) is 0 Å². The predicted octanol–water partition coefficient (Wildman–Crippen LogP) is 18.0. The average Bonchev–Trinajstić information content (AvgIpc) is 4.41. The fourth-order valence-corrected chi connectivity index (χ4v) is 13.7. The molecule has 7 heteroatoms. The number of nitrogens with zero attached hydrogens (tertiary/aromatic N) is 6. The summed E-state index contributed by atoms with van der Waals surface area (Å²) in [7, 11) is 0. The third-order valence-corrected chi connectivity index (χ3v) is 16.5. The molecule has 0 aliphatic heterocycles. The van der Waals surface area contributed by atoms with Crippen molar-refractivity contribution >= 4 is 109 Å². The van der Waals surface area contributed by atoms with E-state index in [-0.39, 0.29) is 0 Å². The van der Waals surface area contributed by atoms with Gasteiger partial charge in [-0.2, -0.15) is 0 Å². The largest absolute Gasteiger partial charge is 0.308 e. The zero-order valence-corrected chi connectivity index (χ0v) is 41.8. The van der Waals surface area contributed by atoms with Crippen LogP contribution in [0.15, 0.2) is 231 Å². The van der Waals surface area contributed by atoms with Gasteiger partial charge in [-0.3, -0.25) is 4.98 Å². The van der Waals surface area contributed by atoms with Gasteiger partial charge < -0.3 is 18.3 Å². The molecule has 0 spiro atoms. The fraction of sp³-hybridized carbons (Fsp3) is 0.0294. The molecule has 0 aliphatic carbocycles. The molecule has 0 atom stereocenters. The van der Waals surface area contributed by atoms with Crippen molar-refractivity contribution in [3.05, 3.63) is 242 Å². The lowest BCUT2D eigenvalue weighted by atomic mass is 9.92. The zero-order valence-electron chi connectivity index (χ0n) is 41.0. The Morgan fingerprint density at radius 3 is 0.947 bits per heavy atom. The summed E-state index contributed by atoms with van der Waals surface area (Å²) in [6.45, 7) is 4.26. The molecular formula is C68H44N6S. The van der Waals surface area contributed by atoms with E-state index in [1.807, 2.05) is 0 Å². The maximum atomic E-state index is 5.82. The van der Waals surface area contributed by atoms with E-state index >= 15 is 0 Å². The van der Waals surface area contributed by atoms with E-state index in [2.05, 4.69) is 263 Å². The zero-order chi connectivity index (χ0) is 49.5. The summed E-state index contributed by atoms with van der Waals surface area (Å²) >= 11 is 1.76. The molecule has 0 saturated carbocycles. The Balaban J connectivity index is 1.32. The molecule has 0 radical (unpaired) electrons. The van der Waals surface area contributed by atoms with Crippen molar-refractivity contribution in [3.63, 3.8) is 0 Å².